The first-order chi connectivity index (χ1) is 7.24. The highest BCUT2D eigenvalue weighted by Gasteiger charge is 1.99. The van der Waals surface area contributed by atoms with Crippen molar-refractivity contribution in [2.75, 3.05) is 23.8 Å². The fraction of sp³-hybridized carbons (Fsp3) is 0.538. The number of nitrogens with zero attached hydrogens (tertiary/aromatic N) is 1. The van der Waals surface area contributed by atoms with Crippen LogP contribution >= 0.6 is 15.9 Å². The number of alkyl halides is 1. The van der Waals surface area contributed by atoms with Crippen LogP contribution in [0, 0.1) is 6.92 Å². The Morgan fingerprint density at radius 1 is 1.20 bits per heavy atom. The maximum absolute atomic E-state index is 3.46. The number of hydrogen-bond donors (Lipinski definition) is 0. The molecule has 0 saturated heterocycles. The van der Waals surface area contributed by atoms with Crippen molar-refractivity contribution in [3.05, 3.63) is 29.8 Å². The van der Waals surface area contributed by atoms with Gasteiger partial charge in [-0.3, -0.25) is 0 Å². The van der Waals surface area contributed by atoms with E-state index in [9.17, 15) is 0 Å². The summed E-state index contributed by atoms with van der Waals surface area (Å²) in [5.74, 6) is 0. The third-order valence-corrected chi connectivity index (χ3v) is 3.13. The smallest absolute Gasteiger partial charge is 0.0366 e. The summed E-state index contributed by atoms with van der Waals surface area (Å²) in [6.07, 6.45) is 3.86. The Hall–Kier alpha value is -0.500. The zero-order chi connectivity index (χ0) is 11.1. The summed E-state index contributed by atoms with van der Waals surface area (Å²) in [5.41, 5.74) is 2.66. The molecule has 0 aliphatic carbocycles. The van der Waals surface area contributed by atoms with E-state index in [0.29, 0.717) is 0 Å². The van der Waals surface area contributed by atoms with E-state index in [2.05, 4.69) is 59.1 Å². The fourth-order valence-electron chi connectivity index (χ4n) is 1.61. The quantitative estimate of drug-likeness (QED) is 0.558. The van der Waals surface area contributed by atoms with Crippen molar-refractivity contribution in [1.29, 1.82) is 0 Å². The minimum Gasteiger partial charge on any atom is -0.375 e. The monoisotopic (exact) mass is 269 g/mol. The van der Waals surface area contributed by atoms with Gasteiger partial charge in [0.05, 0.1) is 0 Å². The molecule has 0 aromatic heterocycles. The first kappa shape index (κ1) is 12.6. The van der Waals surface area contributed by atoms with Crippen LogP contribution in [0.1, 0.15) is 24.8 Å². The van der Waals surface area contributed by atoms with Crippen LogP contribution in [0.15, 0.2) is 24.3 Å². The Kier molecular flexibility index (Phi) is 5.77. The van der Waals surface area contributed by atoms with E-state index in [-0.39, 0.29) is 0 Å². The summed E-state index contributed by atoms with van der Waals surface area (Å²) in [6.45, 7) is 3.29. The summed E-state index contributed by atoms with van der Waals surface area (Å²) in [4.78, 5) is 2.33. The SMILES string of the molecule is Cc1cccc(N(C)CCCCCBr)c1. The third kappa shape index (κ3) is 4.70. The molecule has 1 aromatic carbocycles. The Morgan fingerprint density at radius 3 is 2.67 bits per heavy atom. The van der Waals surface area contributed by atoms with Crippen molar-refractivity contribution >= 4 is 21.6 Å². The predicted molar refractivity (Wildman–Crippen MR) is 72.1 cm³/mol. The second-order valence-corrected chi connectivity index (χ2v) is 4.80. The minimum atomic E-state index is 1.13. The van der Waals surface area contributed by atoms with E-state index < -0.39 is 0 Å². The van der Waals surface area contributed by atoms with Crippen LogP contribution in [0.2, 0.25) is 0 Å². The van der Waals surface area contributed by atoms with Gasteiger partial charge in [0.25, 0.3) is 0 Å². The third-order valence-electron chi connectivity index (χ3n) is 2.57. The first-order valence-electron chi connectivity index (χ1n) is 5.58. The van der Waals surface area contributed by atoms with Crippen LogP contribution in [-0.4, -0.2) is 18.9 Å². The van der Waals surface area contributed by atoms with Crippen molar-refractivity contribution in [2.24, 2.45) is 0 Å². The van der Waals surface area contributed by atoms with E-state index in [1.807, 2.05) is 0 Å². The minimum absolute atomic E-state index is 1.13. The van der Waals surface area contributed by atoms with Crippen molar-refractivity contribution in [3.63, 3.8) is 0 Å². The van der Waals surface area contributed by atoms with Gasteiger partial charge >= 0.3 is 0 Å². The fourth-order valence-corrected chi connectivity index (χ4v) is 2.01. The molecule has 0 heterocycles. The standard InChI is InChI=1S/C13H20BrN/c1-12-7-6-8-13(11-12)15(2)10-5-3-4-9-14/h6-8,11H,3-5,9-10H2,1-2H3. The van der Waals surface area contributed by atoms with Crippen LogP contribution in [0.5, 0.6) is 0 Å². The molecular weight excluding hydrogens is 250 g/mol. The molecule has 1 nitrogen and oxygen atoms in total. The molecule has 84 valence electrons. The number of anilines is 1. The number of benzene rings is 1. The lowest BCUT2D eigenvalue weighted by atomic mass is 10.2. The molecular formula is C13H20BrN. The van der Waals surface area contributed by atoms with Crippen LogP contribution < -0.4 is 4.90 Å². The molecule has 1 rings (SSSR count). The van der Waals surface area contributed by atoms with Gasteiger partial charge in [-0.25, -0.2) is 0 Å². The average Bonchev–Trinajstić information content (AvgIpc) is 2.24. The van der Waals surface area contributed by atoms with Crippen LogP contribution in [0.4, 0.5) is 5.69 Å². The number of aryl methyl sites for hydroxylation is 1. The maximum Gasteiger partial charge on any atom is 0.0366 e. The van der Waals surface area contributed by atoms with Gasteiger partial charge in [-0.15, -0.1) is 0 Å². The van der Waals surface area contributed by atoms with E-state index in [1.54, 1.807) is 0 Å². The Bertz CT molecular complexity index is 286. The summed E-state index contributed by atoms with van der Waals surface area (Å²) in [7, 11) is 2.17. The molecule has 0 aliphatic rings. The molecule has 1 aromatic rings. The molecule has 0 saturated carbocycles. The molecule has 2 heteroatoms. The summed E-state index contributed by atoms with van der Waals surface area (Å²) in [5, 5.41) is 1.13. The van der Waals surface area contributed by atoms with Gasteiger partial charge in [-0.1, -0.05) is 34.5 Å². The second-order valence-electron chi connectivity index (χ2n) is 4.01. The van der Waals surface area contributed by atoms with Gasteiger partial charge in [0.15, 0.2) is 0 Å². The highest BCUT2D eigenvalue weighted by Crippen LogP contribution is 2.14. The lowest BCUT2D eigenvalue weighted by Gasteiger charge is -2.19. The molecule has 0 N–H and O–H groups in total. The zero-order valence-corrected chi connectivity index (χ0v) is 11.3. The van der Waals surface area contributed by atoms with E-state index in [0.717, 1.165) is 11.9 Å². The molecule has 0 amide bonds. The normalized spacial score (nSPS) is 10.3. The van der Waals surface area contributed by atoms with Crippen molar-refractivity contribution in [1.82, 2.24) is 0 Å². The largest absolute Gasteiger partial charge is 0.375 e. The molecule has 0 unspecified atom stereocenters. The Labute approximate surface area is 102 Å². The highest BCUT2D eigenvalue weighted by molar-refractivity contribution is 9.09. The van der Waals surface area contributed by atoms with Gasteiger partial charge in [-0.05, 0) is 37.5 Å². The Balaban J connectivity index is 2.36. The van der Waals surface area contributed by atoms with Gasteiger partial charge in [0, 0.05) is 24.6 Å². The lowest BCUT2D eigenvalue weighted by Crippen LogP contribution is -2.18. The number of unbranched alkanes of at least 4 members (excludes halogenated alkanes) is 2. The molecule has 0 fully saturated rings. The lowest BCUT2D eigenvalue weighted by molar-refractivity contribution is 0.711. The van der Waals surface area contributed by atoms with E-state index in [4.69, 9.17) is 0 Å². The zero-order valence-electron chi connectivity index (χ0n) is 9.67. The number of halogens is 1. The van der Waals surface area contributed by atoms with Crippen LogP contribution in [0.3, 0.4) is 0 Å². The second kappa shape index (κ2) is 6.89. The summed E-state index contributed by atoms with van der Waals surface area (Å²) >= 11 is 3.46. The molecule has 0 bridgehead atoms. The average molecular weight is 270 g/mol. The first-order valence-corrected chi connectivity index (χ1v) is 6.70. The topological polar surface area (TPSA) is 3.24 Å². The predicted octanol–water partition coefficient (Wildman–Crippen LogP) is 4.00. The van der Waals surface area contributed by atoms with Crippen molar-refractivity contribution in [3.8, 4) is 0 Å². The van der Waals surface area contributed by atoms with Gasteiger partial charge < -0.3 is 4.90 Å². The number of rotatable bonds is 6. The summed E-state index contributed by atoms with van der Waals surface area (Å²) < 4.78 is 0. The maximum atomic E-state index is 3.46. The van der Waals surface area contributed by atoms with Crippen LogP contribution in [-0.2, 0) is 0 Å². The molecule has 15 heavy (non-hydrogen) atoms. The van der Waals surface area contributed by atoms with Crippen LogP contribution in [0.25, 0.3) is 0 Å². The van der Waals surface area contributed by atoms with Gasteiger partial charge in [0.2, 0.25) is 0 Å². The van der Waals surface area contributed by atoms with E-state index >= 15 is 0 Å². The van der Waals surface area contributed by atoms with Crippen molar-refractivity contribution in [2.45, 2.75) is 26.2 Å². The Morgan fingerprint density at radius 2 is 2.00 bits per heavy atom. The molecule has 0 radical (unpaired) electrons. The van der Waals surface area contributed by atoms with Gasteiger partial charge in [0.1, 0.15) is 0 Å². The van der Waals surface area contributed by atoms with E-state index in [1.165, 1.54) is 30.5 Å². The highest BCUT2D eigenvalue weighted by atomic mass is 79.9. The molecule has 0 atom stereocenters. The molecule has 0 spiro atoms. The number of hydrogen-bond acceptors (Lipinski definition) is 1. The van der Waals surface area contributed by atoms with Gasteiger partial charge in [-0.2, -0.15) is 0 Å². The summed E-state index contributed by atoms with van der Waals surface area (Å²) in [6, 6.07) is 8.68. The van der Waals surface area contributed by atoms with Crippen molar-refractivity contribution < 1.29 is 0 Å². The molecule has 0 aliphatic heterocycles.